The van der Waals surface area contributed by atoms with E-state index < -0.39 is 0 Å². The molecule has 0 saturated heterocycles. The Morgan fingerprint density at radius 1 is 0.431 bits per heavy atom. The van der Waals surface area contributed by atoms with E-state index in [4.69, 9.17) is 4.42 Å². The molecule has 13 rings (SSSR count). The number of nitrogens with zero attached hydrogens (tertiary/aromatic N) is 2. The fraction of sp³-hybridized carbons (Fsp3) is 0.0323. The lowest BCUT2D eigenvalue weighted by Crippen LogP contribution is -2.11. The van der Waals surface area contributed by atoms with Gasteiger partial charge in [0.25, 0.3) is 0 Å². The van der Waals surface area contributed by atoms with Gasteiger partial charge in [-0.3, -0.25) is 0 Å². The van der Waals surface area contributed by atoms with Gasteiger partial charge >= 0.3 is 0 Å². The number of benzene rings is 10. The highest BCUT2D eigenvalue weighted by Crippen LogP contribution is 2.45. The lowest BCUT2D eigenvalue weighted by atomic mass is 9.95. The maximum Gasteiger partial charge on any atom is 0.143 e. The van der Waals surface area contributed by atoms with Gasteiger partial charge < -0.3 is 13.9 Å². The van der Waals surface area contributed by atoms with E-state index >= 15 is 0 Å². The van der Waals surface area contributed by atoms with Gasteiger partial charge in [-0.15, -0.1) is 0 Å². The Kier molecular flexibility index (Phi) is 8.67. The number of furan rings is 1. The van der Waals surface area contributed by atoms with Crippen molar-refractivity contribution in [2.45, 2.75) is 12.8 Å². The molecule has 0 aliphatic heterocycles. The Balaban J connectivity index is 0.981. The first-order valence-electron chi connectivity index (χ1n) is 22.6. The van der Waals surface area contributed by atoms with Crippen molar-refractivity contribution in [2.24, 2.45) is 0 Å². The second kappa shape index (κ2) is 15.1. The van der Waals surface area contributed by atoms with E-state index in [9.17, 15) is 0 Å². The van der Waals surface area contributed by atoms with Crippen LogP contribution in [0.2, 0.25) is 0 Å². The lowest BCUT2D eigenvalue weighted by molar-refractivity contribution is 0.670. The zero-order valence-corrected chi connectivity index (χ0v) is 35.7. The summed E-state index contributed by atoms with van der Waals surface area (Å²) in [5.41, 5.74) is 17.0. The predicted octanol–water partition coefficient (Wildman–Crippen LogP) is 17.3. The van der Waals surface area contributed by atoms with Gasteiger partial charge in [-0.25, -0.2) is 0 Å². The fourth-order valence-electron chi connectivity index (χ4n) is 10.5. The summed E-state index contributed by atoms with van der Waals surface area (Å²) in [4.78, 5) is 2.43. The van der Waals surface area contributed by atoms with E-state index in [1.807, 2.05) is 12.1 Å². The number of rotatable bonds is 7. The third kappa shape index (κ3) is 6.12. The van der Waals surface area contributed by atoms with Crippen LogP contribution in [0.25, 0.3) is 99.5 Å². The van der Waals surface area contributed by atoms with Crippen LogP contribution in [-0.4, -0.2) is 4.57 Å². The summed E-state index contributed by atoms with van der Waals surface area (Å²) in [6, 6.07) is 79.5. The summed E-state index contributed by atoms with van der Waals surface area (Å²) in [5.74, 6) is 0. The molecule has 0 saturated carbocycles. The molecule has 3 nitrogen and oxygen atoms in total. The average molecular weight is 831 g/mol. The maximum atomic E-state index is 6.50. The highest BCUT2D eigenvalue weighted by atomic mass is 16.3. The molecule has 12 aromatic rings. The molecule has 2 heterocycles. The van der Waals surface area contributed by atoms with Gasteiger partial charge in [0.2, 0.25) is 0 Å². The Bertz CT molecular complexity index is 3850. The quantitative estimate of drug-likeness (QED) is 0.149. The van der Waals surface area contributed by atoms with Crippen LogP contribution in [0.5, 0.6) is 0 Å². The normalized spacial score (nSPS) is 12.4. The van der Waals surface area contributed by atoms with Gasteiger partial charge in [-0.05, 0) is 106 Å². The number of hydrogen-bond acceptors (Lipinski definition) is 2. The van der Waals surface area contributed by atoms with Crippen LogP contribution < -0.4 is 4.90 Å². The lowest BCUT2D eigenvalue weighted by Gasteiger charge is -2.29. The van der Waals surface area contributed by atoms with Gasteiger partial charge in [0.15, 0.2) is 0 Å². The second-order valence-corrected chi connectivity index (χ2v) is 17.1. The second-order valence-electron chi connectivity index (χ2n) is 17.1. The first-order chi connectivity index (χ1) is 32.2. The molecule has 306 valence electrons. The van der Waals surface area contributed by atoms with Crippen molar-refractivity contribution in [1.82, 2.24) is 4.57 Å². The first-order valence-corrected chi connectivity index (χ1v) is 22.6. The minimum absolute atomic E-state index is 0.902. The fourth-order valence-corrected chi connectivity index (χ4v) is 10.5. The molecule has 0 amide bonds. The minimum Gasteiger partial charge on any atom is -0.455 e. The molecule has 0 atom stereocenters. The van der Waals surface area contributed by atoms with Crippen molar-refractivity contribution in [3.63, 3.8) is 0 Å². The first kappa shape index (κ1) is 37.2. The molecular weight excluding hydrogens is 789 g/mol. The molecule has 1 aliphatic rings. The van der Waals surface area contributed by atoms with E-state index in [1.54, 1.807) is 0 Å². The molecule has 0 spiro atoms. The third-order valence-corrected chi connectivity index (χ3v) is 13.5. The topological polar surface area (TPSA) is 21.3 Å². The van der Waals surface area contributed by atoms with E-state index in [1.165, 1.54) is 60.5 Å². The van der Waals surface area contributed by atoms with E-state index in [0.717, 1.165) is 74.1 Å². The number of allylic oxidation sites excluding steroid dienone is 1. The molecule has 0 N–H and O–H groups in total. The zero-order valence-electron chi connectivity index (χ0n) is 35.7. The van der Waals surface area contributed by atoms with Crippen molar-refractivity contribution < 1.29 is 4.42 Å². The molecule has 10 aromatic carbocycles. The van der Waals surface area contributed by atoms with Crippen LogP contribution in [0.3, 0.4) is 0 Å². The Morgan fingerprint density at radius 3 is 2.03 bits per heavy atom. The molecule has 3 heteroatoms. The molecule has 0 unspecified atom stereocenters. The highest BCUT2D eigenvalue weighted by Gasteiger charge is 2.23. The number of aromatic nitrogens is 1. The van der Waals surface area contributed by atoms with E-state index in [0.29, 0.717) is 0 Å². The van der Waals surface area contributed by atoms with Gasteiger partial charge in [-0.2, -0.15) is 0 Å². The van der Waals surface area contributed by atoms with Crippen LogP contribution in [0.1, 0.15) is 17.7 Å². The number of hydrogen-bond donors (Lipinski definition) is 0. The van der Waals surface area contributed by atoms with Crippen molar-refractivity contribution in [1.29, 1.82) is 0 Å². The van der Waals surface area contributed by atoms with Crippen molar-refractivity contribution >= 4 is 77.5 Å². The van der Waals surface area contributed by atoms with Crippen molar-refractivity contribution in [3.8, 4) is 39.1 Å². The van der Waals surface area contributed by atoms with E-state index in [2.05, 4.69) is 228 Å². The molecule has 2 aromatic heterocycles. The largest absolute Gasteiger partial charge is 0.455 e. The van der Waals surface area contributed by atoms with Crippen LogP contribution in [0.4, 0.5) is 17.1 Å². The van der Waals surface area contributed by atoms with E-state index in [-0.39, 0.29) is 0 Å². The summed E-state index contributed by atoms with van der Waals surface area (Å²) >= 11 is 0. The molecule has 65 heavy (non-hydrogen) atoms. The predicted molar refractivity (Wildman–Crippen MR) is 274 cm³/mol. The molecule has 0 fully saturated rings. The van der Waals surface area contributed by atoms with Crippen LogP contribution in [0.15, 0.2) is 229 Å². The monoisotopic (exact) mass is 830 g/mol. The Hall–Kier alpha value is -8.40. The molecule has 1 aliphatic carbocycles. The van der Waals surface area contributed by atoms with Crippen LogP contribution in [-0.2, 0) is 6.42 Å². The van der Waals surface area contributed by atoms with Gasteiger partial charge in [0.05, 0.1) is 16.9 Å². The molecular formula is C62H42N2O. The smallest absolute Gasteiger partial charge is 0.143 e. The standard InChI is InChI=1S/C62H42N2O/c1-2-18-48-41(15-1)31-32-44-39-45(35-38-49(44)48)51-20-3-8-26-57(51)63(46-36-33-42(34-37-46)52-24-14-25-56-55-23-7-12-30-61(55)65-62(52)56)47-17-13-16-43(40-47)50-19-4-9-27-58(50)64-59-28-10-5-21-53(59)54-22-6-11-29-60(54)64/h1-10,12-28,30-40H,11,29H2. The van der Waals surface area contributed by atoms with Gasteiger partial charge in [-0.1, -0.05) is 176 Å². The number of fused-ring (bicyclic) bond motifs is 9. The van der Waals surface area contributed by atoms with Crippen LogP contribution >= 0.6 is 0 Å². The zero-order chi connectivity index (χ0) is 42.8. The number of para-hydroxylation sites is 5. The highest BCUT2D eigenvalue weighted by molar-refractivity contribution is 6.10. The van der Waals surface area contributed by atoms with Crippen LogP contribution in [0, 0.1) is 0 Å². The Morgan fingerprint density at radius 2 is 1.11 bits per heavy atom. The summed E-state index contributed by atoms with van der Waals surface area (Å²) < 4.78 is 9.01. The third-order valence-electron chi connectivity index (χ3n) is 13.5. The summed E-state index contributed by atoms with van der Waals surface area (Å²) in [6.07, 6.45) is 6.67. The van der Waals surface area contributed by atoms with Crippen molar-refractivity contribution in [3.05, 3.63) is 236 Å². The summed E-state index contributed by atoms with van der Waals surface area (Å²) in [7, 11) is 0. The summed E-state index contributed by atoms with van der Waals surface area (Å²) in [6.45, 7) is 0. The minimum atomic E-state index is 0.902. The summed E-state index contributed by atoms with van der Waals surface area (Å²) in [5, 5.41) is 8.56. The van der Waals surface area contributed by atoms with Gasteiger partial charge in [0, 0.05) is 55.5 Å². The number of anilines is 3. The average Bonchev–Trinajstić information content (AvgIpc) is 3.93. The molecule has 0 radical (unpaired) electrons. The van der Waals surface area contributed by atoms with Gasteiger partial charge in [0.1, 0.15) is 11.2 Å². The Labute approximate surface area is 377 Å². The SMILES string of the molecule is C1=Cc2c(n(-c3ccccc3-c3cccc(N(c4ccc(-c5cccc6c5oc5ccccc56)cc4)c4ccccc4-c4ccc5c(ccc6ccccc65)c4)c3)c3ccccc23)CC1. The molecule has 0 bridgehead atoms. The van der Waals surface area contributed by atoms with Crippen molar-refractivity contribution in [2.75, 3.05) is 4.90 Å². The maximum absolute atomic E-state index is 6.50.